The van der Waals surface area contributed by atoms with E-state index in [0.717, 1.165) is 5.56 Å². The molecule has 0 fully saturated rings. The number of tetrazole rings is 1. The average Bonchev–Trinajstić information content (AvgIpc) is 3.18. The number of carbonyl (C=O) groups excluding carboxylic acids is 1. The minimum Gasteiger partial charge on any atom is -0.323 e. The largest absolute Gasteiger partial charge is 0.323 e. The van der Waals surface area contributed by atoms with Crippen LogP contribution in [0.3, 0.4) is 0 Å². The van der Waals surface area contributed by atoms with Gasteiger partial charge in [0.25, 0.3) is 0 Å². The summed E-state index contributed by atoms with van der Waals surface area (Å²) in [4.78, 5) is 13.3. The van der Waals surface area contributed by atoms with E-state index in [-0.39, 0.29) is 12.5 Å². The summed E-state index contributed by atoms with van der Waals surface area (Å²) in [5, 5.41) is 27.8. The molecule has 23 heavy (non-hydrogen) atoms. The van der Waals surface area contributed by atoms with Gasteiger partial charge in [-0.3, -0.25) is 4.79 Å². The zero-order valence-corrected chi connectivity index (χ0v) is 13.2. The Labute approximate surface area is 140 Å². The van der Waals surface area contributed by atoms with Gasteiger partial charge in [0.15, 0.2) is 0 Å². The molecule has 0 unspecified atom stereocenters. The van der Waals surface area contributed by atoms with Gasteiger partial charge in [0.1, 0.15) is 12.6 Å². The molecule has 1 aromatic carbocycles. The lowest BCUT2D eigenvalue weighted by atomic mass is 10.2. The number of hydrogen-bond donors (Lipinski definition) is 1. The molecule has 3 rings (SSSR count). The van der Waals surface area contributed by atoms with Crippen LogP contribution in [0.25, 0.3) is 11.4 Å². The van der Waals surface area contributed by atoms with Crippen LogP contribution >= 0.6 is 22.9 Å². The second kappa shape index (κ2) is 6.56. The second-order valence-electron chi connectivity index (χ2n) is 4.51. The van der Waals surface area contributed by atoms with Crippen molar-refractivity contribution in [3.63, 3.8) is 0 Å². The third kappa shape index (κ3) is 3.53. The van der Waals surface area contributed by atoms with E-state index >= 15 is 0 Å². The summed E-state index contributed by atoms with van der Waals surface area (Å²) in [6.45, 7) is -0.117. The number of amides is 1. The normalized spacial score (nSPS) is 10.3. The maximum absolute atomic E-state index is 12.1. The Balaban J connectivity index is 1.71. The lowest BCUT2D eigenvalue weighted by molar-refractivity contribution is -0.117. The van der Waals surface area contributed by atoms with Gasteiger partial charge >= 0.3 is 0 Å². The van der Waals surface area contributed by atoms with Crippen LogP contribution in [-0.4, -0.2) is 26.1 Å². The molecule has 0 atom stereocenters. The standard InChI is InChI=1S/C14H9ClN6OS/c15-11-2-1-9(6-16)12(5-11)17-13(22)7-21-19-14(18-20-21)10-3-4-23-8-10/h1-5,8H,7H2,(H,17,22). The number of nitriles is 1. The molecular weight excluding hydrogens is 336 g/mol. The molecule has 0 radical (unpaired) electrons. The second-order valence-corrected chi connectivity index (χ2v) is 5.72. The maximum Gasteiger partial charge on any atom is 0.248 e. The third-order valence-corrected chi connectivity index (χ3v) is 3.81. The molecule has 2 heterocycles. The van der Waals surface area contributed by atoms with Crippen LogP contribution in [-0.2, 0) is 11.3 Å². The van der Waals surface area contributed by atoms with Gasteiger partial charge in [-0.1, -0.05) is 11.6 Å². The first kappa shape index (κ1) is 15.1. The Hall–Kier alpha value is -2.76. The molecule has 0 aliphatic carbocycles. The van der Waals surface area contributed by atoms with Crippen LogP contribution in [0.4, 0.5) is 5.69 Å². The van der Waals surface area contributed by atoms with Crippen molar-refractivity contribution in [2.75, 3.05) is 5.32 Å². The number of hydrogen-bond acceptors (Lipinski definition) is 6. The molecule has 0 aliphatic rings. The first-order valence-corrected chi connectivity index (χ1v) is 7.77. The molecule has 9 heteroatoms. The van der Waals surface area contributed by atoms with Crippen molar-refractivity contribution in [1.29, 1.82) is 5.26 Å². The number of thiophene rings is 1. The summed E-state index contributed by atoms with van der Waals surface area (Å²) < 4.78 is 0. The van der Waals surface area contributed by atoms with E-state index in [9.17, 15) is 4.79 Å². The number of aromatic nitrogens is 4. The van der Waals surface area contributed by atoms with Crippen molar-refractivity contribution >= 4 is 34.5 Å². The number of nitrogens with one attached hydrogen (secondary N) is 1. The molecule has 1 N–H and O–H groups in total. The topological polar surface area (TPSA) is 96.5 Å². The number of benzene rings is 1. The van der Waals surface area contributed by atoms with Gasteiger partial charge in [0, 0.05) is 16.0 Å². The van der Waals surface area contributed by atoms with Crippen LogP contribution in [0.5, 0.6) is 0 Å². The first-order chi connectivity index (χ1) is 11.2. The monoisotopic (exact) mass is 344 g/mol. The highest BCUT2D eigenvalue weighted by molar-refractivity contribution is 7.08. The fourth-order valence-electron chi connectivity index (χ4n) is 1.85. The molecular formula is C14H9ClN6OS. The molecule has 0 aliphatic heterocycles. The van der Waals surface area contributed by atoms with Crippen LogP contribution < -0.4 is 5.32 Å². The number of halogens is 1. The van der Waals surface area contributed by atoms with E-state index in [2.05, 4.69) is 20.7 Å². The number of rotatable bonds is 4. The predicted octanol–water partition coefficient (Wildman–Crippen LogP) is 2.57. The van der Waals surface area contributed by atoms with E-state index in [4.69, 9.17) is 16.9 Å². The molecule has 7 nitrogen and oxygen atoms in total. The smallest absolute Gasteiger partial charge is 0.248 e. The van der Waals surface area contributed by atoms with Crippen molar-refractivity contribution in [1.82, 2.24) is 20.2 Å². The highest BCUT2D eigenvalue weighted by atomic mass is 35.5. The molecule has 114 valence electrons. The third-order valence-electron chi connectivity index (χ3n) is 2.89. The van der Waals surface area contributed by atoms with Crippen molar-refractivity contribution < 1.29 is 4.79 Å². The van der Waals surface area contributed by atoms with Gasteiger partial charge < -0.3 is 5.32 Å². The Bertz CT molecular complexity index is 883. The molecule has 0 saturated carbocycles. The van der Waals surface area contributed by atoms with Gasteiger partial charge in [0.05, 0.1) is 11.3 Å². The molecule has 3 aromatic rings. The zero-order chi connectivity index (χ0) is 16.2. The maximum atomic E-state index is 12.1. The fourth-order valence-corrected chi connectivity index (χ4v) is 2.66. The summed E-state index contributed by atoms with van der Waals surface area (Å²) in [6.07, 6.45) is 0. The van der Waals surface area contributed by atoms with Crippen molar-refractivity contribution in [2.24, 2.45) is 0 Å². The lowest BCUT2D eigenvalue weighted by Crippen LogP contribution is -2.21. The summed E-state index contributed by atoms with van der Waals surface area (Å²) in [7, 11) is 0. The summed E-state index contributed by atoms with van der Waals surface area (Å²) in [6, 6.07) is 8.51. The van der Waals surface area contributed by atoms with Crippen molar-refractivity contribution in [3.8, 4) is 17.5 Å². The Morgan fingerprint density at radius 1 is 1.43 bits per heavy atom. The highest BCUT2D eigenvalue weighted by Gasteiger charge is 2.11. The Kier molecular flexibility index (Phi) is 4.32. The first-order valence-electron chi connectivity index (χ1n) is 6.45. The van der Waals surface area contributed by atoms with E-state index in [0.29, 0.717) is 22.1 Å². The van der Waals surface area contributed by atoms with Crippen LogP contribution in [0.15, 0.2) is 35.0 Å². The van der Waals surface area contributed by atoms with Crippen molar-refractivity contribution in [2.45, 2.75) is 6.54 Å². The Morgan fingerprint density at radius 3 is 3.04 bits per heavy atom. The minimum atomic E-state index is -0.377. The highest BCUT2D eigenvalue weighted by Crippen LogP contribution is 2.20. The van der Waals surface area contributed by atoms with E-state index < -0.39 is 0 Å². The number of carbonyl (C=O) groups is 1. The quantitative estimate of drug-likeness (QED) is 0.784. The molecule has 0 spiro atoms. The average molecular weight is 345 g/mol. The van der Waals surface area contributed by atoms with Crippen LogP contribution in [0, 0.1) is 11.3 Å². The summed E-state index contributed by atoms with van der Waals surface area (Å²) in [5.74, 6) is 0.0811. The number of anilines is 1. The SMILES string of the molecule is N#Cc1ccc(Cl)cc1NC(=O)Cn1nnc(-c2ccsc2)n1. The molecule has 0 saturated heterocycles. The zero-order valence-electron chi connectivity index (χ0n) is 11.6. The van der Waals surface area contributed by atoms with E-state index in [1.165, 1.54) is 22.2 Å². The van der Waals surface area contributed by atoms with Crippen molar-refractivity contribution in [3.05, 3.63) is 45.6 Å². The number of nitrogens with zero attached hydrogens (tertiary/aromatic N) is 5. The van der Waals surface area contributed by atoms with E-state index in [1.807, 2.05) is 22.9 Å². The Morgan fingerprint density at radius 2 is 2.30 bits per heavy atom. The summed E-state index contributed by atoms with van der Waals surface area (Å²) >= 11 is 7.40. The summed E-state index contributed by atoms with van der Waals surface area (Å²) in [5.41, 5.74) is 1.53. The molecule has 2 aromatic heterocycles. The van der Waals surface area contributed by atoms with Gasteiger partial charge in [-0.25, -0.2) is 0 Å². The lowest BCUT2D eigenvalue weighted by Gasteiger charge is -2.06. The molecule has 0 bridgehead atoms. The van der Waals surface area contributed by atoms with Crippen LogP contribution in [0.2, 0.25) is 5.02 Å². The predicted molar refractivity (Wildman–Crippen MR) is 85.9 cm³/mol. The van der Waals surface area contributed by atoms with E-state index in [1.54, 1.807) is 12.1 Å². The van der Waals surface area contributed by atoms with Gasteiger partial charge in [0.2, 0.25) is 11.7 Å². The molecule has 1 amide bonds. The minimum absolute atomic E-state index is 0.117. The van der Waals surface area contributed by atoms with Gasteiger partial charge in [-0.15, -0.1) is 10.2 Å². The van der Waals surface area contributed by atoms with Crippen LogP contribution in [0.1, 0.15) is 5.56 Å². The van der Waals surface area contributed by atoms with Gasteiger partial charge in [-0.2, -0.15) is 21.4 Å². The van der Waals surface area contributed by atoms with Gasteiger partial charge in [-0.05, 0) is 34.9 Å². The fraction of sp³-hybridized carbons (Fsp3) is 0.0714.